The highest BCUT2D eigenvalue weighted by Crippen LogP contribution is 2.25. The Morgan fingerprint density at radius 3 is 1.07 bits per heavy atom. The van der Waals surface area contributed by atoms with E-state index in [-0.39, 0.29) is 21.4 Å². The van der Waals surface area contributed by atoms with Crippen molar-refractivity contribution in [2.24, 2.45) is 0 Å². The van der Waals surface area contributed by atoms with E-state index in [9.17, 15) is 0 Å². The molecule has 8 fully saturated rings. The quantitative estimate of drug-likeness (QED) is 0.0604. The second-order valence-corrected chi connectivity index (χ2v) is 28.2. The van der Waals surface area contributed by atoms with Crippen LogP contribution < -0.4 is 113 Å². The molecule has 96 heavy (non-hydrogen) atoms. The van der Waals surface area contributed by atoms with Gasteiger partial charge in [0.1, 0.15) is 0 Å². The summed E-state index contributed by atoms with van der Waals surface area (Å²) < 4.78 is 9.92. The lowest BCUT2D eigenvalue weighted by molar-refractivity contribution is 0.519. The van der Waals surface area contributed by atoms with Gasteiger partial charge in [-0.1, -0.05) is 164 Å². The van der Waals surface area contributed by atoms with Crippen LogP contribution in [0.3, 0.4) is 0 Å². The molecule has 8 rings (SSSR count). The summed E-state index contributed by atoms with van der Waals surface area (Å²) in [6, 6.07) is 0. The molecule has 0 bridgehead atoms. The zero-order valence-electron chi connectivity index (χ0n) is 67.5. The number of nitrogens with one attached hydrogen (secondary N) is 22. The fourth-order valence-corrected chi connectivity index (χ4v) is 12.5. The zero-order valence-corrected chi connectivity index (χ0v) is 67.5. The summed E-state index contributed by atoms with van der Waals surface area (Å²) in [4.78, 5) is 6.46. The lowest BCUT2D eigenvalue weighted by atomic mass is 9.41. The molecule has 3 atom stereocenters. The highest BCUT2D eigenvalue weighted by Gasteiger charge is 2.46. The molecule has 0 radical (unpaired) electrons. The first-order valence-electron chi connectivity index (χ1n) is 37.7. The van der Waals surface area contributed by atoms with Gasteiger partial charge in [0.15, 0.2) is 0 Å². The predicted molar refractivity (Wildman–Crippen MR) is 458 cm³/mol. The second-order valence-electron chi connectivity index (χ2n) is 28.2. The maximum absolute atomic E-state index is 3.73. The third-order valence-electron chi connectivity index (χ3n) is 20.0. The topological polar surface area (TPSA) is 287 Å². The number of hydrogen-bond acceptors (Lipinski definition) is 29. The van der Waals surface area contributed by atoms with E-state index in [4.69, 9.17) is 0 Å². The Balaban J connectivity index is 0.000000552. The summed E-state index contributed by atoms with van der Waals surface area (Å²) in [6.07, 6.45) is 8.33. The number of nitrogens with zero attached hydrogens (tertiary/aromatic N) is 7. The van der Waals surface area contributed by atoms with Crippen LogP contribution in [0.15, 0.2) is 0 Å². The molecule has 0 saturated carbocycles. The van der Waals surface area contributed by atoms with E-state index >= 15 is 0 Å². The molecular formula is C43H139B24N29. The summed E-state index contributed by atoms with van der Waals surface area (Å²) in [5.41, 5.74) is 0. The predicted octanol–water partition coefficient (Wildman–Crippen LogP) is -5.89. The SMILES string of the molecule is CB1NB(C)NB(N(C)C)N1.CB1NBNB(N(C)C)N1.CCB1NB(C(C)CC)NB(CC)N1CC.CCB1NB(CC)NB(C(C)CC)N1.CCC(C)B1N(C)B(C)N(C)B(C)N1C.CCN(C)B1NBNB(C)N1.CNB1NB(C)NB(C)N1.CNB1NBNB(C)N1. The molecule has 8 saturated heterocycles. The van der Waals surface area contributed by atoms with Gasteiger partial charge in [0.25, 0.3) is 134 Å². The Bertz CT molecular complexity index is 1860. The van der Waals surface area contributed by atoms with Gasteiger partial charge in [-0.3, -0.25) is 0 Å². The summed E-state index contributed by atoms with van der Waals surface area (Å²) in [5, 5.41) is 73.5. The molecule has 0 aromatic heterocycles. The van der Waals surface area contributed by atoms with E-state index in [0.29, 0.717) is 138 Å². The summed E-state index contributed by atoms with van der Waals surface area (Å²) in [6.45, 7) is 55.9. The molecule has 8 heterocycles. The van der Waals surface area contributed by atoms with Crippen LogP contribution in [0, 0.1) is 0 Å². The Morgan fingerprint density at radius 1 is 0.375 bits per heavy atom. The van der Waals surface area contributed by atoms with Gasteiger partial charge in [-0.05, 0) is 126 Å². The second kappa shape index (κ2) is 52.4. The molecule has 22 N–H and O–H groups in total. The third-order valence-corrected chi connectivity index (χ3v) is 20.0. The average molecular weight is 1320 g/mol. The van der Waals surface area contributed by atoms with Gasteiger partial charge >= 0.3 is 35.6 Å². The molecular weight excluding hydrogens is 1180 g/mol. The molecule has 8 aliphatic heterocycles. The maximum Gasteiger partial charge on any atom is 0.376 e. The minimum Gasteiger partial charge on any atom is -0.375 e. The molecule has 528 valence electrons. The minimum absolute atomic E-state index is 0.228. The molecule has 53 heteroatoms. The molecule has 29 nitrogen and oxygen atoms in total. The Labute approximate surface area is 603 Å². The van der Waals surface area contributed by atoms with Crippen LogP contribution in [-0.4, -0.2) is 287 Å². The number of rotatable bonds is 17. The molecule has 3 unspecified atom stereocenters. The lowest BCUT2D eigenvalue weighted by Gasteiger charge is -2.50. The van der Waals surface area contributed by atoms with Crippen LogP contribution in [0.1, 0.15) is 102 Å². The van der Waals surface area contributed by atoms with Crippen molar-refractivity contribution in [1.82, 2.24) is 147 Å². The summed E-state index contributed by atoms with van der Waals surface area (Å²) in [5.74, 6) is 2.11. The third kappa shape index (κ3) is 35.5. The van der Waals surface area contributed by atoms with Gasteiger partial charge < -0.3 is 147 Å². The van der Waals surface area contributed by atoms with Gasteiger partial charge in [-0.25, -0.2) is 0 Å². The van der Waals surface area contributed by atoms with E-state index in [1.807, 2.05) is 28.2 Å². The van der Waals surface area contributed by atoms with Crippen molar-refractivity contribution in [2.75, 3.05) is 83.6 Å². The minimum atomic E-state index is 0.228. The Hall–Kier alpha value is 0.398. The van der Waals surface area contributed by atoms with Crippen molar-refractivity contribution in [3.05, 3.63) is 0 Å². The number of hydrogen-bond donors (Lipinski definition) is 22. The van der Waals surface area contributed by atoms with Crippen molar-refractivity contribution in [3.8, 4) is 0 Å². The smallest absolute Gasteiger partial charge is 0.375 e. The van der Waals surface area contributed by atoms with E-state index in [1.165, 1.54) is 31.9 Å². The molecule has 0 aliphatic carbocycles. The van der Waals surface area contributed by atoms with E-state index in [0.717, 1.165) is 54.2 Å². The van der Waals surface area contributed by atoms with Gasteiger partial charge in [0, 0.05) is 0 Å². The molecule has 0 aromatic carbocycles. The van der Waals surface area contributed by atoms with E-state index < -0.39 is 0 Å². The molecule has 0 aromatic rings. The van der Waals surface area contributed by atoms with Crippen molar-refractivity contribution >= 4 is 170 Å². The van der Waals surface area contributed by atoms with E-state index in [2.05, 4.69) is 333 Å². The van der Waals surface area contributed by atoms with Crippen LogP contribution in [0.4, 0.5) is 0 Å². The zero-order chi connectivity index (χ0) is 72.9. The first-order valence-corrected chi connectivity index (χ1v) is 37.7. The first kappa shape index (κ1) is 94.4. The monoisotopic (exact) mass is 1330 g/mol. The van der Waals surface area contributed by atoms with Crippen LogP contribution in [0.2, 0.25) is 104 Å². The fourth-order valence-electron chi connectivity index (χ4n) is 12.5. The first-order chi connectivity index (χ1) is 45.4. The van der Waals surface area contributed by atoms with Gasteiger partial charge in [-0.2, -0.15) is 0 Å². The van der Waals surface area contributed by atoms with E-state index in [1.54, 1.807) is 0 Å². The van der Waals surface area contributed by atoms with Crippen molar-refractivity contribution in [1.29, 1.82) is 0 Å². The Kier molecular flexibility index (Phi) is 51.5. The Morgan fingerprint density at radius 2 is 0.740 bits per heavy atom. The standard InChI is InChI=1S/C10H26B3N3.C9H24B3N3.C8H22B3N3.2C4H15B3N4.2C3H13B3N4.C2H11B3N4/c1-6-10(5)13-14-11(7-2)16(9-4)12(8-3)15-13;1-8-9(2)12-14(6)10(3)13(5)11(4)15(12)7;1-5-8(4)11-13-9(6-2)12-10(7-3)14-11;1-5-8-6(2)10-7(9-5)11(3)4;1-4-11(3)7-9-5-8-6(2)10-7;1-5-7-4-8-6(9-5)10(2)3;1-4-8-5(2)10-6(7-3)9-4;1-4-7-3-8-5(6-2)9-4/h10,14-15H,6-9H2,1-5H3;9H,8H2,1-7H3;8,12-14H,5-7H2,1-4H3;8-10H,1-4H3;5,8-10H,4H2,1-3H3;4,7-9H,1-3H3;7-10H,1-3H3;3,6-9H,1-2H3. The lowest BCUT2D eigenvalue weighted by Crippen LogP contribution is -2.76. The fraction of sp³-hybridized carbons (Fsp3) is 1.00. The highest BCUT2D eigenvalue weighted by molar-refractivity contribution is 6.90. The summed E-state index contributed by atoms with van der Waals surface area (Å²) >= 11 is 0. The molecule has 8 aliphatic rings. The van der Waals surface area contributed by atoms with Gasteiger partial charge in [-0.15, -0.1) is 0 Å². The normalized spacial score (nSPS) is 20.5. The molecule has 0 spiro atoms. The van der Waals surface area contributed by atoms with Crippen LogP contribution in [0.25, 0.3) is 0 Å². The van der Waals surface area contributed by atoms with Gasteiger partial charge in [0.05, 0.1) is 0 Å². The maximum atomic E-state index is 3.73. The van der Waals surface area contributed by atoms with Crippen LogP contribution in [-0.2, 0) is 0 Å². The molecule has 0 amide bonds. The van der Waals surface area contributed by atoms with Gasteiger partial charge in [0.2, 0.25) is 0 Å². The van der Waals surface area contributed by atoms with Crippen molar-refractivity contribution < 1.29 is 0 Å². The average Bonchev–Trinajstić information content (AvgIpc) is 0.818. The van der Waals surface area contributed by atoms with Crippen molar-refractivity contribution in [3.63, 3.8) is 0 Å². The van der Waals surface area contributed by atoms with Crippen LogP contribution in [0.5, 0.6) is 0 Å². The summed E-state index contributed by atoms with van der Waals surface area (Å²) in [7, 11) is 24.8. The highest BCUT2D eigenvalue weighted by atomic mass is 15.3. The van der Waals surface area contributed by atoms with Crippen LogP contribution >= 0.6 is 0 Å². The van der Waals surface area contributed by atoms with Crippen molar-refractivity contribution in [2.45, 2.75) is 206 Å². The largest absolute Gasteiger partial charge is 0.376 e.